The van der Waals surface area contributed by atoms with Gasteiger partial charge in [-0.3, -0.25) is 4.79 Å². The van der Waals surface area contributed by atoms with Gasteiger partial charge in [-0.1, -0.05) is 24.3 Å². The van der Waals surface area contributed by atoms with E-state index in [9.17, 15) is 9.59 Å². The molecule has 1 aliphatic rings. The average Bonchev–Trinajstić information content (AvgIpc) is 2.77. The van der Waals surface area contributed by atoms with Gasteiger partial charge in [0, 0.05) is 37.8 Å². The van der Waals surface area contributed by atoms with Gasteiger partial charge in [0.1, 0.15) is 22.9 Å². The number of hydrogen-bond acceptors (Lipinski definition) is 7. The first-order chi connectivity index (χ1) is 15.2. The minimum absolute atomic E-state index is 0.180. The third-order valence-corrected chi connectivity index (χ3v) is 5.28. The summed E-state index contributed by atoms with van der Waals surface area (Å²) in [5.41, 5.74) is 6.09. The molecule has 0 aliphatic carbocycles. The van der Waals surface area contributed by atoms with Crippen LogP contribution < -0.4 is 10.6 Å². The maximum atomic E-state index is 13.3. The Morgan fingerprint density at radius 3 is 2.44 bits per heavy atom. The fourth-order valence-electron chi connectivity index (χ4n) is 3.70. The zero-order valence-electron chi connectivity index (χ0n) is 18.5. The highest BCUT2D eigenvalue weighted by Crippen LogP contribution is 2.27. The molecule has 1 saturated heterocycles. The van der Waals surface area contributed by atoms with Gasteiger partial charge in [0.05, 0.1) is 5.56 Å². The van der Waals surface area contributed by atoms with Gasteiger partial charge < -0.3 is 20.3 Å². The molecule has 32 heavy (non-hydrogen) atoms. The second-order valence-corrected chi connectivity index (χ2v) is 8.77. The summed E-state index contributed by atoms with van der Waals surface area (Å²) < 4.78 is 5.48. The fraction of sp³-hybridized carbons (Fsp3) is 0.333. The molecule has 2 N–H and O–H groups in total. The van der Waals surface area contributed by atoms with Crippen LogP contribution in [-0.2, 0) is 4.74 Å². The molecular weight excluding hydrogens is 406 g/mol. The maximum Gasteiger partial charge on any atom is 0.410 e. The monoisotopic (exact) mass is 433 g/mol. The van der Waals surface area contributed by atoms with Crippen molar-refractivity contribution in [2.75, 3.05) is 36.8 Å². The molecule has 8 heteroatoms. The molecule has 2 aromatic heterocycles. The number of carbonyl (C=O) groups excluding carboxylic acids is 2. The van der Waals surface area contributed by atoms with Crippen LogP contribution in [0.15, 0.2) is 48.7 Å². The first-order valence-electron chi connectivity index (χ1n) is 10.6. The first kappa shape index (κ1) is 21.5. The highest BCUT2D eigenvalue weighted by atomic mass is 16.6. The number of nitrogens with zero attached hydrogens (tertiary/aromatic N) is 4. The number of nitrogens with two attached hydrogens (primary N) is 1. The van der Waals surface area contributed by atoms with E-state index < -0.39 is 5.60 Å². The molecule has 0 spiro atoms. The minimum Gasteiger partial charge on any atom is -0.444 e. The molecule has 3 aromatic rings. The van der Waals surface area contributed by atoms with E-state index in [2.05, 4.69) is 9.88 Å². The van der Waals surface area contributed by atoms with Gasteiger partial charge in [0.15, 0.2) is 0 Å². The summed E-state index contributed by atoms with van der Waals surface area (Å²) in [4.78, 5) is 38.2. The number of piperazine rings is 1. The van der Waals surface area contributed by atoms with Gasteiger partial charge in [-0.15, -0.1) is 0 Å². The fourth-order valence-corrected chi connectivity index (χ4v) is 3.70. The largest absolute Gasteiger partial charge is 0.444 e. The van der Waals surface area contributed by atoms with Crippen molar-refractivity contribution >= 4 is 34.3 Å². The predicted molar refractivity (Wildman–Crippen MR) is 124 cm³/mol. The molecule has 0 saturated carbocycles. The van der Waals surface area contributed by atoms with Gasteiger partial charge in [-0.2, -0.15) is 0 Å². The number of rotatable bonds is 3. The van der Waals surface area contributed by atoms with Gasteiger partial charge >= 0.3 is 6.09 Å². The van der Waals surface area contributed by atoms with E-state index in [1.807, 2.05) is 51.1 Å². The quantitative estimate of drug-likeness (QED) is 0.631. The minimum atomic E-state index is -0.530. The summed E-state index contributed by atoms with van der Waals surface area (Å²) in [6, 6.07) is 13.0. The Morgan fingerprint density at radius 1 is 1.03 bits per heavy atom. The maximum absolute atomic E-state index is 13.3. The Kier molecular flexibility index (Phi) is 5.69. The lowest BCUT2D eigenvalue weighted by atomic mass is 10.0. The number of fused-ring (bicyclic) bond motifs is 1. The van der Waals surface area contributed by atoms with Crippen LogP contribution in [0.25, 0.3) is 10.8 Å². The summed E-state index contributed by atoms with van der Waals surface area (Å²) in [7, 11) is 0. The molecule has 0 atom stereocenters. The number of carbonyl (C=O) groups is 2. The number of pyridine rings is 2. The lowest BCUT2D eigenvalue weighted by Crippen LogP contribution is -2.50. The Hall–Kier alpha value is -3.68. The Labute approximate surface area is 187 Å². The second kappa shape index (κ2) is 8.45. The number of nitrogen functional groups attached to an aromatic ring is 1. The molecule has 0 radical (unpaired) electrons. The number of anilines is 2. The van der Waals surface area contributed by atoms with Crippen LogP contribution in [0.2, 0.25) is 0 Å². The van der Waals surface area contributed by atoms with Crippen molar-refractivity contribution in [3.05, 3.63) is 59.9 Å². The average molecular weight is 434 g/mol. The lowest BCUT2D eigenvalue weighted by Gasteiger charge is -2.36. The van der Waals surface area contributed by atoms with Crippen LogP contribution in [0.1, 0.15) is 36.8 Å². The summed E-state index contributed by atoms with van der Waals surface area (Å²) in [6.07, 6.45) is 1.24. The topological polar surface area (TPSA) is 102 Å². The number of amides is 1. The van der Waals surface area contributed by atoms with Crippen molar-refractivity contribution in [3.8, 4) is 0 Å². The Balaban J connectivity index is 1.62. The highest BCUT2D eigenvalue weighted by molar-refractivity contribution is 6.17. The molecule has 1 aromatic carbocycles. The standard InChI is InChI=1S/C24H27N5O3/c1-24(2,3)32-23(31)29-13-11-28(12-14-29)19-15-16-7-4-5-8-17(16)20(27-19)21(30)18-9-6-10-26-22(18)25/h4-10,15H,11-14H2,1-3H3,(H2,25,26). The van der Waals surface area contributed by atoms with E-state index in [1.165, 1.54) is 0 Å². The van der Waals surface area contributed by atoms with Crippen molar-refractivity contribution in [2.24, 2.45) is 0 Å². The Morgan fingerprint density at radius 2 is 1.75 bits per heavy atom. The van der Waals surface area contributed by atoms with Gasteiger partial charge in [0.2, 0.25) is 5.78 Å². The van der Waals surface area contributed by atoms with E-state index in [-0.39, 0.29) is 17.7 Å². The van der Waals surface area contributed by atoms with Crippen molar-refractivity contribution in [1.29, 1.82) is 0 Å². The SMILES string of the molecule is CC(C)(C)OC(=O)N1CCN(c2cc3ccccc3c(C(=O)c3cccnc3N)n2)CC1. The predicted octanol–water partition coefficient (Wildman–Crippen LogP) is 3.50. The van der Waals surface area contributed by atoms with Crippen molar-refractivity contribution in [1.82, 2.24) is 14.9 Å². The molecule has 1 aliphatic heterocycles. The van der Waals surface area contributed by atoms with Crippen LogP contribution in [-0.4, -0.2) is 58.5 Å². The van der Waals surface area contributed by atoms with Crippen LogP contribution >= 0.6 is 0 Å². The van der Waals surface area contributed by atoms with Crippen molar-refractivity contribution in [2.45, 2.75) is 26.4 Å². The smallest absolute Gasteiger partial charge is 0.410 e. The normalized spacial score (nSPS) is 14.5. The number of hydrogen-bond donors (Lipinski definition) is 1. The molecular formula is C24H27N5O3. The van der Waals surface area contributed by atoms with Crippen LogP contribution in [0, 0.1) is 0 Å². The van der Waals surface area contributed by atoms with Gasteiger partial charge in [-0.05, 0) is 44.4 Å². The van der Waals surface area contributed by atoms with Gasteiger partial charge in [-0.25, -0.2) is 14.8 Å². The first-order valence-corrected chi connectivity index (χ1v) is 10.6. The molecule has 0 unspecified atom stereocenters. The molecule has 1 amide bonds. The molecule has 166 valence electrons. The van der Waals surface area contributed by atoms with Crippen LogP contribution in [0.5, 0.6) is 0 Å². The highest BCUT2D eigenvalue weighted by Gasteiger charge is 2.27. The van der Waals surface area contributed by atoms with Crippen molar-refractivity contribution in [3.63, 3.8) is 0 Å². The second-order valence-electron chi connectivity index (χ2n) is 8.77. The molecule has 4 rings (SSSR count). The third kappa shape index (κ3) is 4.49. The van der Waals surface area contributed by atoms with E-state index in [0.717, 1.165) is 10.8 Å². The van der Waals surface area contributed by atoms with E-state index >= 15 is 0 Å². The number of ketones is 1. The number of benzene rings is 1. The molecule has 8 nitrogen and oxygen atoms in total. The summed E-state index contributed by atoms with van der Waals surface area (Å²) in [6.45, 7) is 7.78. The zero-order chi connectivity index (χ0) is 22.9. The molecule has 0 bridgehead atoms. The molecule has 3 heterocycles. The van der Waals surface area contributed by atoms with Crippen molar-refractivity contribution < 1.29 is 14.3 Å². The van der Waals surface area contributed by atoms with E-state index in [1.54, 1.807) is 23.2 Å². The van der Waals surface area contributed by atoms with E-state index in [0.29, 0.717) is 43.3 Å². The van der Waals surface area contributed by atoms with Crippen LogP contribution in [0.4, 0.5) is 16.4 Å². The summed E-state index contributed by atoms with van der Waals surface area (Å²) in [5.74, 6) is 0.610. The van der Waals surface area contributed by atoms with Gasteiger partial charge in [0.25, 0.3) is 0 Å². The third-order valence-electron chi connectivity index (χ3n) is 5.28. The summed E-state index contributed by atoms with van der Waals surface area (Å²) in [5, 5.41) is 1.68. The number of aromatic nitrogens is 2. The summed E-state index contributed by atoms with van der Waals surface area (Å²) >= 11 is 0. The zero-order valence-corrected chi connectivity index (χ0v) is 18.5. The lowest BCUT2D eigenvalue weighted by molar-refractivity contribution is 0.0240. The Bertz CT molecular complexity index is 1160. The van der Waals surface area contributed by atoms with Crippen LogP contribution in [0.3, 0.4) is 0 Å². The number of ether oxygens (including phenoxy) is 1. The van der Waals surface area contributed by atoms with E-state index in [4.69, 9.17) is 15.5 Å². The molecule has 1 fully saturated rings.